The molecule has 1 unspecified atom stereocenters. The Kier molecular flexibility index (Phi) is 7.24. The Bertz CT molecular complexity index is 1480. The van der Waals surface area contributed by atoms with Crippen LogP contribution in [0.25, 0.3) is 0 Å². The topological polar surface area (TPSA) is 148 Å². The van der Waals surface area contributed by atoms with Crippen molar-refractivity contribution in [2.24, 2.45) is 5.92 Å². The SMILES string of the molecule is CN(C(=O)c1ccc(C(C)(C)C)cc1)[C@H]1CC[C@@]2(O)[C@H]3Cc4ccc(O)c5c4C2(CCN3CC2CC2)[C@H]1O5.O=C(O)C(=O)O. The van der Waals surface area contributed by atoms with Gasteiger partial charge in [-0.05, 0) is 85.7 Å². The standard InChI is InChI=1S/C32H40N2O4.C2H2O4/c1-30(2,3)22-10-7-20(8-11-22)29(36)33(4)23-13-14-32(37)25-17-21-9-12-24(35)27-26(21)31(32,28(23)38-27)15-16-34(25)18-19-5-6-19;3-1(4)2(5)6/h7-12,19,23,25,28,35,37H,5-6,13-18H2,1-4H3;(H,3,4)(H,5,6)/t23-,25+,28-,31?,32+;/m0./s1. The van der Waals surface area contributed by atoms with Crippen LogP contribution in [0.2, 0.25) is 0 Å². The summed E-state index contributed by atoms with van der Waals surface area (Å²) >= 11 is 0. The van der Waals surface area contributed by atoms with Gasteiger partial charge in [0.05, 0.1) is 17.1 Å². The highest BCUT2D eigenvalue weighted by atomic mass is 16.5. The van der Waals surface area contributed by atoms with Crippen LogP contribution in [0.1, 0.15) is 79.9 Å². The van der Waals surface area contributed by atoms with Gasteiger partial charge < -0.3 is 30.1 Å². The number of ether oxygens (including phenoxy) is 1. The van der Waals surface area contributed by atoms with Gasteiger partial charge in [-0.15, -0.1) is 0 Å². The van der Waals surface area contributed by atoms with Crippen molar-refractivity contribution < 1.29 is 39.5 Å². The molecule has 10 heteroatoms. The summed E-state index contributed by atoms with van der Waals surface area (Å²) in [7, 11) is 1.88. The number of aliphatic hydroxyl groups is 1. The molecule has 2 aromatic rings. The van der Waals surface area contributed by atoms with E-state index in [0.717, 1.165) is 37.4 Å². The maximum Gasteiger partial charge on any atom is 0.414 e. The van der Waals surface area contributed by atoms with Crippen molar-refractivity contribution >= 4 is 17.8 Å². The fraction of sp³-hybridized carbons (Fsp3) is 0.559. The maximum atomic E-state index is 13.8. The summed E-state index contributed by atoms with van der Waals surface area (Å²) in [6.45, 7) is 8.48. The van der Waals surface area contributed by atoms with Gasteiger partial charge >= 0.3 is 11.9 Å². The molecule has 236 valence electrons. The number of hydrogen-bond donors (Lipinski definition) is 4. The van der Waals surface area contributed by atoms with E-state index in [2.05, 4.69) is 25.7 Å². The number of carbonyl (C=O) groups excluding carboxylic acids is 1. The zero-order chi connectivity index (χ0) is 31.8. The quantitative estimate of drug-likeness (QED) is 0.384. The van der Waals surface area contributed by atoms with Gasteiger partial charge in [0.25, 0.3) is 5.91 Å². The number of phenolic OH excluding ortho intramolecular Hbond substituents is 1. The number of amides is 1. The van der Waals surface area contributed by atoms with Crippen LogP contribution in [0.5, 0.6) is 11.5 Å². The molecule has 1 amide bonds. The molecule has 44 heavy (non-hydrogen) atoms. The molecule has 1 spiro atoms. The number of phenols is 1. The van der Waals surface area contributed by atoms with Gasteiger partial charge in [-0.3, -0.25) is 9.69 Å². The molecule has 5 atom stereocenters. The largest absolute Gasteiger partial charge is 0.504 e. The Balaban J connectivity index is 0.000000523. The van der Waals surface area contributed by atoms with Crippen molar-refractivity contribution in [3.63, 3.8) is 0 Å². The molecule has 5 aliphatic rings. The number of rotatable bonds is 4. The highest BCUT2D eigenvalue weighted by Crippen LogP contribution is 2.66. The first-order chi connectivity index (χ1) is 20.7. The highest BCUT2D eigenvalue weighted by molar-refractivity contribution is 6.27. The van der Waals surface area contributed by atoms with E-state index in [4.69, 9.17) is 24.5 Å². The third-order valence-corrected chi connectivity index (χ3v) is 10.7. The minimum absolute atomic E-state index is 0.0233. The first-order valence-corrected chi connectivity index (χ1v) is 15.5. The molecule has 0 aromatic heterocycles. The molecule has 10 nitrogen and oxygen atoms in total. The zero-order valence-electron chi connectivity index (χ0n) is 25.7. The number of piperidine rings is 1. The molecule has 2 aromatic carbocycles. The number of hydrogen-bond acceptors (Lipinski definition) is 7. The molecule has 2 heterocycles. The molecule has 3 fully saturated rings. The Labute approximate surface area is 257 Å². The van der Waals surface area contributed by atoms with Gasteiger partial charge in [0, 0.05) is 30.8 Å². The van der Waals surface area contributed by atoms with Gasteiger partial charge in [-0.2, -0.15) is 0 Å². The van der Waals surface area contributed by atoms with Crippen LogP contribution < -0.4 is 4.74 Å². The Morgan fingerprint density at radius 3 is 2.25 bits per heavy atom. The maximum absolute atomic E-state index is 13.8. The average Bonchev–Trinajstić information content (AvgIpc) is 3.72. The van der Waals surface area contributed by atoms with E-state index in [0.29, 0.717) is 24.2 Å². The van der Waals surface area contributed by atoms with Crippen LogP contribution in [-0.4, -0.2) is 92.0 Å². The number of carboxylic acids is 2. The predicted octanol–water partition coefficient (Wildman–Crippen LogP) is 3.55. The number of nitrogens with zero attached hydrogens (tertiary/aromatic N) is 2. The number of carbonyl (C=O) groups is 3. The van der Waals surface area contributed by atoms with E-state index in [-0.39, 0.29) is 29.2 Å². The molecule has 2 saturated carbocycles. The first kappa shape index (κ1) is 30.4. The average molecular weight is 607 g/mol. The van der Waals surface area contributed by atoms with Crippen molar-refractivity contribution in [2.75, 3.05) is 20.1 Å². The molecule has 2 aliphatic heterocycles. The number of carboxylic acid groups (broad SMARTS) is 2. The van der Waals surface area contributed by atoms with Crippen molar-refractivity contribution in [1.29, 1.82) is 0 Å². The van der Waals surface area contributed by atoms with Gasteiger partial charge in [0.15, 0.2) is 11.5 Å². The second kappa shape index (κ2) is 10.5. The van der Waals surface area contributed by atoms with E-state index in [9.17, 15) is 15.0 Å². The molecule has 0 radical (unpaired) electrons. The number of aromatic hydroxyl groups is 1. The number of benzene rings is 2. The molecular weight excluding hydrogens is 564 g/mol. The number of likely N-dealkylation sites (N-methyl/N-ethyl adjacent to an activating group) is 1. The lowest BCUT2D eigenvalue weighted by Gasteiger charge is -2.64. The zero-order valence-corrected chi connectivity index (χ0v) is 25.7. The fourth-order valence-corrected chi connectivity index (χ4v) is 8.32. The van der Waals surface area contributed by atoms with Crippen molar-refractivity contribution in [1.82, 2.24) is 9.80 Å². The summed E-state index contributed by atoms with van der Waals surface area (Å²) in [4.78, 5) is 36.4. The van der Waals surface area contributed by atoms with Crippen LogP contribution in [0, 0.1) is 5.92 Å². The van der Waals surface area contributed by atoms with Crippen LogP contribution in [-0.2, 0) is 26.8 Å². The predicted molar refractivity (Wildman–Crippen MR) is 161 cm³/mol. The van der Waals surface area contributed by atoms with Gasteiger partial charge in [-0.25, -0.2) is 9.59 Å². The Hall–Kier alpha value is -3.63. The molecule has 7 rings (SSSR count). The van der Waals surface area contributed by atoms with E-state index in [1.165, 1.54) is 24.0 Å². The van der Waals surface area contributed by atoms with Gasteiger partial charge in [0.2, 0.25) is 0 Å². The van der Waals surface area contributed by atoms with E-state index in [1.807, 2.05) is 42.3 Å². The minimum atomic E-state index is -1.82. The summed E-state index contributed by atoms with van der Waals surface area (Å²) in [6, 6.07) is 11.6. The Morgan fingerprint density at radius 1 is 1.00 bits per heavy atom. The lowest BCUT2D eigenvalue weighted by molar-refractivity contribution is -0.197. The van der Waals surface area contributed by atoms with E-state index in [1.54, 1.807) is 6.07 Å². The smallest absolute Gasteiger partial charge is 0.414 e. The Morgan fingerprint density at radius 2 is 1.66 bits per heavy atom. The fourth-order valence-electron chi connectivity index (χ4n) is 8.32. The van der Waals surface area contributed by atoms with Crippen LogP contribution in [0.15, 0.2) is 36.4 Å². The van der Waals surface area contributed by atoms with Crippen LogP contribution in [0.4, 0.5) is 0 Å². The summed E-state index contributed by atoms with van der Waals surface area (Å²) in [5, 5.41) is 38.3. The third-order valence-electron chi connectivity index (χ3n) is 10.7. The monoisotopic (exact) mass is 606 g/mol. The molecular formula is C34H42N2O8. The number of aliphatic carboxylic acids is 2. The second-order valence-electron chi connectivity index (χ2n) is 14.2. The minimum Gasteiger partial charge on any atom is -0.504 e. The van der Waals surface area contributed by atoms with Crippen LogP contribution >= 0.6 is 0 Å². The van der Waals surface area contributed by atoms with Crippen molar-refractivity contribution in [2.45, 2.75) is 93.9 Å². The summed E-state index contributed by atoms with van der Waals surface area (Å²) in [5.41, 5.74) is 2.52. The molecule has 4 N–H and O–H groups in total. The first-order valence-electron chi connectivity index (χ1n) is 15.5. The second-order valence-corrected chi connectivity index (χ2v) is 14.2. The van der Waals surface area contributed by atoms with Gasteiger partial charge in [0.1, 0.15) is 6.10 Å². The third kappa shape index (κ3) is 4.65. The molecule has 3 aliphatic carbocycles. The summed E-state index contributed by atoms with van der Waals surface area (Å²) in [5.74, 6) is -2.25. The lowest BCUT2D eigenvalue weighted by atomic mass is 9.48. The van der Waals surface area contributed by atoms with E-state index < -0.39 is 29.1 Å². The van der Waals surface area contributed by atoms with Crippen molar-refractivity contribution in [3.05, 3.63) is 58.7 Å². The number of likely N-dealkylation sites (tertiary alicyclic amines) is 1. The summed E-state index contributed by atoms with van der Waals surface area (Å²) < 4.78 is 6.66. The van der Waals surface area contributed by atoms with E-state index >= 15 is 0 Å². The van der Waals surface area contributed by atoms with Crippen LogP contribution in [0.3, 0.4) is 0 Å². The normalized spacial score (nSPS) is 29.9. The molecule has 2 bridgehead atoms. The van der Waals surface area contributed by atoms with Crippen molar-refractivity contribution in [3.8, 4) is 11.5 Å². The molecule has 1 saturated heterocycles. The summed E-state index contributed by atoms with van der Waals surface area (Å²) in [6.07, 6.45) is 5.04. The highest BCUT2D eigenvalue weighted by Gasteiger charge is 2.73. The van der Waals surface area contributed by atoms with Gasteiger partial charge in [-0.1, -0.05) is 39.0 Å². The lowest BCUT2D eigenvalue weighted by Crippen LogP contribution is -2.78.